The van der Waals surface area contributed by atoms with Gasteiger partial charge in [0.15, 0.2) is 0 Å². The van der Waals surface area contributed by atoms with Gasteiger partial charge in [-0.15, -0.1) is 0 Å². The highest BCUT2D eigenvalue weighted by Crippen LogP contribution is 2.32. The quantitative estimate of drug-likeness (QED) is 0.909. The molecule has 0 aliphatic carbocycles. The van der Waals surface area contributed by atoms with Crippen molar-refractivity contribution < 1.29 is 8.81 Å². The Labute approximate surface area is 103 Å². The van der Waals surface area contributed by atoms with Crippen LogP contribution in [0.4, 0.5) is 4.39 Å². The van der Waals surface area contributed by atoms with Crippen molar-refractivity contribution >= 4 is 11.8 Å². The Morgan fingerprint density at radius 2 is 2.29 bits per heavy atom. The normalized spacial score (nSPS) is 10.8. The zero-order valence-electron chi connectivity index (χ0n) is 9.44. The third-order valence-electron chi connectivity index (χ3n) is 2.25. The highest BCUT2D eigenvalue weighted by atomic mass is 32.2. The van der Waals surface area contributed by atoms with Crippen LogP contribution in [-0.2, 0) is 6.42 Å². The fourth-order valence-electron chi connectivity index (χ4n) is 1.49. The van der Waals surface area contributed by atoms with E-state index in [1.54, 1.807) is 12.3 Å². The van der Waals surface area contributed by atoms with E-state index in [0.29, 0.717) is 23.1 Å². The standard InChI is InChI=1S/C12H13FN2OS/c1-8-7-16-12(15-8)17-11-9(5-6-14)3-2-4-10(11)13/h2-4,7H,5-6,14H2,1H3. The summed E-state index contributed by atoms with van der Waals surface area (Å²) in [6, 6.07) is 4.98. The fourth-order valence-corrected chi connectivity index (χ4v) is 2.41. The number of benzene rings is 1. The van der Waals surface area contributed by atoms with Crippen molar-refractivity contribution in [1.29, 1.82) is 0 Å². The van der Waals surface area contributed by atoms with Gasteiger partial charge in [0.1, 0.15) is 12.1 Å². The van der Waals surface area contributed by atoms with E-state index < -0.39 is 0 Å². The van der Waals surface area contributed by atoms with Gasteiger partial charge >= 0.3 is 0 Å². The Kier molecular flexibility index (Phi) is 3.81. The van der Waals surface area contributed by atoms with Crippen LogP contribution in [0.15, 0.2) is 39.0 Å². The molecule has 17 heavy (non-hydrogen) atoms. The lowest BCUT2D eigenvalue weighted by molar-refractivity contribution is 0.453. The average molecular weight is 252 g/mol. The third kappa shape index (κ3) is 2.87. The first-order valence-electron chi connectivity index (χ1n) is 5.28. The summed E-state index contributed by atoms with van der Waals surface area (Å²) >= 11 is 1.19. The molecule has 0 aliphatic heterocycles. The SMILES string of the molecule is Cc1coc(Sc2c(F)cccc2CCN)n1. The van der Waals surface area contributed by atoms with Crippen molar-refractivity contribution in [3.8, 4) is 0 Å². The molecule has 3 nitrogen and oxygen atoms in total. The molecule has 90 valence electrons. The smallest absolute Gasteiger partial charge is 0.260 e. The van der Waals surface area contributed by atoms with Crippen molar-refractivity contribution in [1.82, 2.24) is 4.98 Å². The summed E-state index contributed by atoms with van der Waals surface area (Å²) in [5.41, 5.74) is 7.17. The van der Waals surface area contributed by atoms with Crippen LogP contribution in [-0.4, -0.2) is 11.5 Å². The molecule has 1 heterocycles. The molecule has 2 rings (SSSR count). The van der Waals surface area contributed by atoms with Crippen LogP contribution in [0, 0.1) is 12.7 Å². The lowest BCUT2D eigenvalue weighted by Gasteiger charge is -2.06. The molecule has 0 amide bonds. The lowest BCUT2D eigenvalue weighted by Crippen LogP contribution is -2.04. The molecule has 1 aromatic carbocycles. The van der Waals surface area contributed by atoms with E-state index in [1.165, 1.54) is 17.8 Å². The van der Waals surface area contributed by atoms with E-state index >= 15 is 0 Å². The Morgan fingerprint density at radius 3 is 2.94 bits per heavy atom. The molecule has 2 aromatic rings. The first-order valence-corrected chi connectivity index (χ1v) is 6.10. The molecular formula is C12H13FN2OS. The number of aryl methyl sites for hydroxylation is 1. The molecule has 0 bridgehead atoms. The van der Waals surface area contributed by atoms with E-state index in [2.05, 4.69) is 4.98 Å². The Bertz CT molecular complexity index is 513. The van der Waals surface area contributed by atoms with Crippen molar-refractivity contribution in [3.63, 3.8) is 0 Å². The number of nitrogens with zero attached hydrogens (tertiary/aromatic N) is 1. The Balaban J connectivity index is 2.30. The molecule has 0 saturated carbocycles. The van der Waals surface area contributed by atoms with Gasteiger partial charge in [-0.25, -0.2) is 9.37 Å². The summed E-state index contributed by atoms with van der Waals surface area (Å²) in [6.45, 7) is 2.32. The van der Waals surface area contributed by atoms with Gasteiger partial charge in [-0.3, -0.25) is 0 Å². The Morgan fingerprint density at radius 1 is 1.47 bits per heavy atom. The summed E-state index contributed by atoms with van der Waals surface area (Å²) in [6.07, 6.45) is 2.19. The maximum Gasteiger partial charge on any atom is 0.260 e. The molecule has 0 fully saturated rings. The summed E-state index contributed by atoms with van der Waals surface area (Å²) in [7, 11) is 0. The van der Waals surface area contributed by atoms with Gasteiger partial charge in [0.05, 0.1) is 10.6 Å². The van der Waals surface area contributed by atoms with Gasteiger partial charge in [-0.2, -0.15) is 0 Å². The largest absolute Gasteiger partial charge is 0.439 e. The van der Waals surface area contributed by atoms with E-state index in [9.17, 15) is 4.39 Å². The zero-order chi connectivity index (χ0) is 12.3. The zero-order valence-corrected chi connectivity index (χ0v) is 10.3. The van der Waals surface area contributed by atoms with Gasteiger partial charge < -0.3 is 10.2 Å². The minimum absolute atomic E-state index is 0.267. The first-order chi connectivity index (χ1) is 8.20. The molecule has 0 radical (unpaired) electrons. The predicted octanol–water partition coefficient (Wildman–Crippen LogP) is 2.77. The summed E-state index contributed by atoms with van der Waals surface area (Å²) in [4.78, 5) is 4.69. The monoisotopic (exact) mass is 252 g/mol. The predicted molar refractivity (Wildman–Crippen MR) is 64.5 cm³/mol. The van der Waals surface area contributed by atoms with Gasteiger partial charge in [-0.1, -0.05) is 12.1 Å². The minimum Gasteiger partial charge on any atom is -0.439 e. The topological polar surface area (TPSA) is 52.0 Å². The van der Waals surface area contributed by atoms with Crippen LogP contribution >= 0.6 is 11.8 Å². The van der Waals surface area contributed by atoms with Crippen molar-refractivity contribution in [3.05, 3.63) is 41.5 Å². The maximum absolute atomic E-state index is 13.7. The van der Waals surface area contributed by atoms with Gasteiger partial charge in [0.2, 0.25) is 0 Å². The van der Waals surface area contributed by atoms with Crippen molar-refractivity contribution in [2.75, 3.05) is 6.54 Å². The fraction of sp³-hybridized carbons (Fsp3) is 0.250. The van der Waals surface area contributed by atoms with E-state index in [0.717, 1.165) is 11.3 Å². The van der Waals surface area contributed by atoms with Gasteiger partial charge in [0, 0.05) is 0 Å². The molecule has 1 aromatic heterocycles. The van der Waals surface area contributed by atoms with Gasteiger partial charge in [0.25, 0.3) is 5.22 Å². The highest BCUT2D eigenvalue weighted by molar-refractivity contribution is 7.99. The summed E-state index contributed by atoms with van der Waals surface area (Å²) in [5.74, 6) is -0.267. The molecule has 0 unspecified atom stereocenters. The van der Waals surface area contributed by atoms with Gasteiger partial charge in [-0.05, 0) is 43.3 Å². The second-order valence-corrected chi connectivity index (χ2v) is 4.59. The van der Waals surface area contributed by atoms with Crippen LogP contribution in [0.5, 0.6) is 0 Å². The molecule has 2 N–H and O–H groups in total. The maximum atomic E-state index is 13.7. The molecule has 0 spiro atoms. The van der Waals surface area contributed by atoms with Crippen molar-refractivity contribution in [2.24, 2.45) is 5.73 Å². The number of oxazole rings is 1. The number of hydrogen-bond acceptors (Lipinski definition) is 4. The summed E-state index contributed by atoms with van der Waals surface area (Å²) in [5, 5.41) is 0.450. The van der Waals surface area contributed by atoms with Crippen LogP contribution in [0.25, 0.3) is 0 Å². The molecule has 0 aliphatic rings. The number of nitrogens with two attached hydrogens (primary N) is 1. The van der Waals surface area contributed by atoms with E-state index in [1.807, 2.05) is 13.0 Å². The van der Waals surface area contributed by atoms with Crippen LogP contribution in [0.3, 0.4) is 0 Å². The number of rotatable bonds is 4. The number of halogens is 1. The second-order valence-electron chi connectivity index (χ2n) is 3.62. The van der Waals surface area contributed by atoms with Crippen LogP contribution in [0.2, 0.25) is 0 Å². The molecule has 5 heteroatoms. The minimum atomic E-state index is -0.267. The highest BCUT2D eigenvalue weighted by Gasteiger charge is 2.12. The average Bonchev–Trinajstić information content (AvgIpc) is 2.70. The first kappa shape index (κ1) is 12.1. The second kappa shape index (κ2) is 5.33. The molecular weight excluding hydrogens is 239 g/mol. The lowest BCUT2D eigenvalue weighted by atomic mass is 10.1. The van der Waals surface area contributed by atoms with Crippen LogP contribution < -0.4 is 5.73 Å². The summed E-state index contributed by atoms with van der Waals surface area (Å²) < 4.78 is 18.9. The number of hydrogen-bond donors (Lipinski definition) is 1. The Hall–Kier alpha value is -1.33. The molecule has 0 atom stereocenters. The van der Waals surface area contributed by atoms with Crippen LogP contribution in [0.1, 0.15) is 11.3 Å². The third-order valence-corrected chi connectivity index (χ3v) is 3.27. The number of aromatic nitrogens is 1. The van der Waals surface area contributed by atoms with E-state index in [4.69, 9.17) is 10.2 Å². The van der Waals surface area contributed by atoms with Crippen molar-refractivity contribution in [2.45, 2.75) is 23.5 Å². The van der Waals surface area contributed by atoms with E-state index in [-0.39, 0.29) is 5.82 Å². The molecule has 0 saturated heterocycles.